The molecular formula is C29H39FN8O3. The lowest BCUT2D eigenvalue weighted by atomic mass is 10.1. The summed E-state index contributed by atoms with van der Waals surface area (Å²) in [5, 5.41) is 32.8. The number of aryl methyl sites for hydroxylation is 1. The maximum Gasteiger partial charge on any atom is 0.345 e. The number of anilines is 2. The van der Waals surface area contributed by atoms with Gasteiger partial charge in [-0.3, -0.25) is 15.0 Å². The summed E-state index contributed by atoms with van der Waals surface area (Å²) in [5.74, 6) is 6.39. The van der Waals surface area contributed by atoms with E-state index in [9.17, 15) is 19.7 Å². The van der Waals surface area contributed by atoms with E-state index in [0.717, 1.165) is 10.6 Å². The zero-order valence-electron chi connectivity index (χ0n) is 23.6. The van der Waals surface area contributed by atoms with Crippen LogP contribution in [0.1, 0.15) is 37.0 Å². The molecule has 0 aromatic carbocycles. The van der Waals surface area contributed by atoms with Gasteiger partial charge in [0.15, 0.2) is 0 Å². The first-order valence-corrected chi connectivity index (χ1v) is 13.1. The second-order valence-electron chi connectivity index (χ2n) is 9.61. The standard InChI is InChI=1S/C29H39FN8O3/c1-6-22(14-25(7-2)36-10-12-37(13-11-36)29(39,40)41)26(31)18-38(32)28-16-24(17-34-21(28)5)35-20(4)27-15-23(19(3)30)8-9-33-27/h6-9,14-19,35,39-41H,2,4,10-13,31-32H2,1,3,5H3/b22-6+,25-14+,26-18-. The van der Waals surface area contributed by atoms with Crippen molar-refractivity contribution in [2.24, 2.45) is 11.6 Å². The van der Waals surface area contributed by atoms with Crippen molar-refractivity contribution in [3.63, 3.8) is 0 Å². The van der Waals surface area contributed by atoms with Crippen molar-refractivity contribution >= 4 is 17.1 Å². The van der Waals surface area contributed by atoms with Crippen LogP contribution < -0.4 is 21.9 Å². The van der Waals surface area contributed by atoms with Crippen LogP contribution in [-0.2, 0) is 0 Å². The van der Waals surface area contributed by atoms with E-state index in [0.29, 0.717) is 58.4 Å². The maximum absolute atomic E-state index is 13.8. The molecule has 0 amide bonds. The number of piperazine rings is 1. The molecule has 0 spiro atoms. The van der Waals surface area contributed by atoms with Gasteiger partial charge in [0, 0.05) is 44.3 Å². The number of aromatic nitrogens is 2. The lowest BCUT2D eigenvalue weighted by molar-refractivity contribution is -0.395. The molecule has 3 heterocycles. The molecule has 11 nitrogen and oxygen atoms in total. The Bertz CT molecular complexity index is 1340. The Balaban J connectivity index is 1.76. The van der Waals surface area contributed by atoms with Crippen LogP contribution in [-0.4, -0.2) is 67.4 Å². The first-order chi connectivity index (χ1) is 19.3. The molecule has 1 saturated heterocycles. The van der Waals surface area contributed by atoms with Gasteiger partial charge in [-0.1, -0.05) is 19.2 Å². The Morgan fingerprint density at radius 2 is 1.90 bits per heavy atom. The molecule has 0 bridgehead atoms. The van der Waals surface area contributed by atoms with Crippen LogP contribution in [0.3, 0.4) is 0 Å². The molecule has 3 rings (SSSR count). The average molecular weight is 567 g/mol. The number of hydrogen-bond acceptors (Lipinski definition) is 11. The number of halogens is 1. The smallest absolute Gasteiger partial charge is 0.345 e. The molecular weight excluding hydrogens is 527 g/mol. The zero-order valence-corrected chi connectivity index (χ0v) is 23.6. The number of rotatable bonds is 11. The highest BCUT2D eigenvalue weighted by molar-refractivity contribution is 5.75. The Hall–Kier alpha value is -4.07. The maximum atomic E-state index is 13.8. The minimum Gasteiger partial charge on any atom is -0.397 e. The topological polar surface area (TPSA) is 160 Å². The predicted octanol–water partition coefficient (Wildman–Crippen LogP) is 2.60. The Morgan fingerprint density at radius 1 is 1.22 bits per heavy atom. The molecule has 12 heteroatoms. The Labute approximate surface area is 239 Å². The summed E-state index contributed by atoms with van der Waals surface area (Å²) in [7, 11) is 0. The second-order valence-corrected chi connectivity index (χ2v) is 9.61. The fraction of sp³-hybridized carbons (Fsp3) is 0.310. The van der Waals surface area contributed by atoms with Crippen LogP contribution in [0, 0.1) is 6.92 Å². The molecule has 1 atom stereocenters. The molecule has 220 valence electrons. The van der Waals surface area contributed by atoms with Crippen molar-refractivity contribution in [3.8, 4) is 0 Å². The molecule has 0 radical (unpaired) electrons. The third-order valence-electron chi connectivity index (χ3n) is 6.69. The van der Waals surface area contributed by atoms with Gasteiger partial charge >= 0.3 is 6.10 Å². The third kappa shape index (κ3) is 8.22. The highest BCUT2D eigenvalue weighted by Crippen LogP contribution is 2.25. The number of nitrogens with two attached hydrogens (primary N) is 2. The summed E-state index contributed by atoms with van der Waals surface area (Å²) in [4.78, 5) is 11.9. The number of aliphatic hydroxyl groups is 3. The molecule has 1 fully saturated rings. The number of pyridine rings is 2. The van der Waals surface area contributed by atoms with Crippen molar-refractivity contribution in [2.45, 2.75) is 33.0 Å². The highest BCUT2D eigenvalue weighted by atomic mass is 19.1. The van der Waals surface area contributed by atoms with Crippen molar-refractivity contribution in [1.82, 2.24) is 19.8 Å². The van der Waals surface area contributed by atoms with E-state index in [4.69, 9.17) is 11.6 Å². The number of alkyl halides is 1. The molecule has 0 aliphatic carbocycles. The second kappa shape index (κ2) is 13.5. The van der Waals surface area contributed by atoms with Crippen LogP contribution in [0.25, 0.3) is 5.70 Å². The van der Waals surface area contributed by atoms with E-state index in [1.165, 1.54) is 18.1 Å². The molecule has 1 aliphatic heterocycles. The van der Waals surface area contributed by atoms with E-state index in [-0.39, 0.29) is 13.1 Å². The van der Waals surface area contributed by atoms with Crippen LogP contribution in [0.15, 0.2) is 85.1 Å². The summed E-state index contributed by atoms with van der Waals surface area (Å²) < 4.78 is 13.8. The number of hydrogen-bond donors (Lipinski definition) is 6. The normalized spacial score (nSPS) is 16.4. The molecule has 41 heavy (non-hydrogen) atoms. The van der Waals surface area contributed by atoms with Crippen molar-refractivity contribution in [3.05, 3.63) is 102 Å². The van der Waals surface area contributed by atoms with E-state index >= 15 is 0 Å². The summed E-state index contributed by atoms with van der Waals surface area (Å²) in [6.45, 7) is 14.4. The monoisotopic (exact) mass is 566 g/mol. The minimum absolute atomic E-state index is 0.237. The van der Waals surface area contributed by atoms with Gasteiger partial charge in [-0.2, -0.15) is 0 Å². The summed E-state index contributed by atoms with van der Waals surface area (Å²) in [6.07, 6.45) is 6.17. The van der Waals surface area contributed by atoms with Gasteiger partial charge < -0.3 is 31.3 Å². The van der Waals surface area contributed by atoms with Gasteiger partial charge in [-0.05, 0) is 62.3 Å². The summed E-state index contributed by atoms with van der Waals surface area (Å²) in [5.41, 5.74) is 11.6. The van der Waals surface area contributed by atoms with Gasteiger partial charge in [0.05, 0.1) is 40.4 Å². The number of hydrazine groups is 1. The van der Waals surface area contributed by atoms with E-state index < -0.39 is 12.3 Å². The molecule has 0 saturated carbocycles. The minimum atomic E-state index is -2.85. The lowest BCUT2D eigenvalue weighted by Crippen LogP contribution is -2.56. The average Bonchev–Trinajstić information content (AvgIpc) is 2.94. The van der Waals surface area contributed by atoms with Gasteiger partial charge in [0.2, 0.25) is 0 Å². The number of nitrogens with one attached hydrogen (secondary N) is 1. The first kappa shape index (κ1) is 31.5. The van der Waals surface area contributed by atoms with E-state index in [1.807, 2.05) is 30.9 Å². The highest BCUT2D eigenvalue weighted by Gasteiger charge is 2.32. The van der Waals surface area contributed by atoms with Gasteiger partial charge in [-0.25, -0.2) is 15.1 Å². The van der Waals surface area contributed by atoms with Crippen molar-refractivity contribution in [2.75, 3.05) is 36.5 Å². The molecule has 2 aromatic heterocycles. The summed E-state index contributed by atoms with van der Waals surface area (Å²) in [6, 6.07) is 5.06. The Kier molecular flexibility index (Phi) is 10.4. The van der Waals surface area contributed by atoms with Crippen molar-refractivity contribution in [1.29, 1.82) is 0 Å². The van der Waals surface area contributed by atoms with E-state index in [2.05, 4.69) is 28.4 Å². The lowest BCUT2D eigenvalue weighted by Gasteiger charge is -2.39. The van der Waals surface area contributed by atoms with Crippen LogP contribution >= 0.6 is 0 Å². The summed E-state index contributed by atoms with van der Waals surface area (Å²) >= 11 is 0. The fourth-order valence-corrected chi connectivity index (χ4v) is 4.28. The number of allylic oxidation sites excluding steroid dienone is 3. The largest absolute Gasteiger partial charge is 0.397 e. The van der Waals surface area contributed by atoms with Crippen molar-refractivity contribution < 1.29 is 19.7 Å². The quantitative estimate of drug-likeness (QED) is 0.103. The van der Waals surface area contributed by atoms with Crippen LogP contribution in [0.2, 0.25) is 0 Å². The van der Waals surface area contributed by atoms with Gasteiger partial charge in [0.25, 0.3) is 0 Å². The Morgan fingerprint density at radius 3 is 2.49 bits per heavy atom. The molecule has 1 aliphatic rings. The first-order valence-electron chi connectivity index (χ1n) is 13.1. The fourth-order valence-electron chi connectivity index (χ4n) is 4.28. The molecule has 8 N–H and O–H groups in total. The molecule has 2 aromatic rings. The third-order valence-corrected chi connectivity index (χ3v) is 6.69. The van der Waals surface area contributed by atoms with E-state index in [1.54, 1.807) is 36.7 Å². The van der Waals surface area contributed by atoms with Crippen LogP contribution in [0.4, 0.5) is 15.8 Å². The zero-order chi connectivity index (χ0) is 30.3. The number of nitrogens with zero attached hydrogens (tertiary/aromatic N) is 5. The molecule has 1 unspecified atom stereocenters. The van der Waals surface area contributed by atoms with Crippen LogP contribution in [0.5, 0.6) is 0 Å². The SMILES string of the molecule is C=C\C(=C/C(=C\C)C(/N)=C/N(N)c1cc(NC(=C)c2cc(C(C)F)ccn2)cnc1C)N1CCN(C(O)(O)O)CC1. The van der Waals surface area contributed by atoms with Gasteiger partial charge in [-0.15, -0.1) is 0 Å². The van der Waals surface area contributed by atoms with Gasteiger partial charge in [0.1, 0.15) is 6.17 Å². The predicted molar refractivity (Wildman–Crippen MR) is 159 cm³/mol.